The Bertz CT molecular complexity index is 334. The smallest absolute Gasteiger partial charge is 0.240 e. The lowest BCUT2D eigenvalue weighted by atomic mass is 9.69. The molecule has 1 saturated heterocycles. The number of hydrogen-bond acceptors (Lipinski definition) is 1. The molecule has 0 N–H and O–H groups in total. The van der Waals surface area contributed by atoms with Crippen molar-refractivity contribution in [3.05, 3.63) is 0 Å². The first kappa shape index (κ1) is 17.1. The molecule has 1 atom stereocenters. The van der Waals surface area contributed by atoms with Gasteiger partial charge in [-0.1, -0.05) is 33.6 Å². The molecule has 0 aromatic rings. The molecule has 3 heteroatoms. The molecule has 2 aliphatic rings. The number of rotatable bonds is 2. The van der Waals surface area contributed by atoms with Crippen LogP contribution in [0, 0.1) is 17.3 Å². The monoisotopic (exact) mass is 313 g/mol. The Hall–Kier alpha value is -0.240. The molecular formula is C18H32ClNO. The maximum Gasteiger partial charge on any atom is 0.240 e. The van der Waals surface area contributed by atoms with Crippen LogP contribution in [0.15, 0.2) is 0 Å². The fourth-order valence-electron chi connectivity index (χ4n) is 3.94. The molecule has 1 aliphatic heterocycles. The predicted molar refractivity (Wildman–Crippen MR) is 89.6 cm³/mol. The van der Waals surface area contributed by atoms with Crippen LogP contribution in [0.25, 0.3) is 0 Å². The average molecular weight is 314 g/mol. The average Bonchev–Trinajstić information content (AvgIpc) is 2.74. The van der Waals surface area contributed by atoms with Gasteiger partial charge in [-0.3, -0.25) is 4.79 Å². The van der Waals surface area contributed by atoms with Crippen LogP contribution in [0.3, 0.4) is 0 Å². The number of carbonyl (C=O) groups excluding carboxylic acids is 1. The minimum Gasteiger partial charge on any atom is -0.341 e. The molecule has 2 rings (SSSR count). The summed E-state index contributed by atoms with van der Waals surface area (Å²) >= 11 is 6.57. The number of nitrogens with zero attached hydrogens (tertiary/aromatic N) is 1. The van der Waals surface area contributed by atoms with E-state index in [9.17, 15) is 4.79 Å². The van der Waals surface area contributed by atoms with Crippen molar-refractivity contribution in [2.24, 2.45) is 17.3 Å². The lowest BCUT2D eigenvalue weighted by Crippen LogP contribution is -2.42. The molecule has 0 aromatic carbocycles. The molecule has 1 unspecified atom stereocenters. The third-order valence-corrected chi connectivity index (χ3v) is 6.11. The van der Waals surface area contributed by atoms with Crippen molar-refractivity contribution < 1.29 is 4.79 Å². The van der Waals surface area contributed by atoms with Gasteiger partial charge in [-0.15, -0.1) is 11.6 Å². The largest absolute Gasteiger partial charge is 0.341 e. The molecule has 0 bridgehead atoms. The number of hydrogen-bond donors (Lipinski definition) is 0. The standard InChI is InChI=1S/C18H32ClNO/c1-18(2,3)15-10-8-14(9-11-15)16(19)17(21)20-12-6-4-5-7-13-20/h14-16H,4-13H2,1-3H3. The highest BCUT2D eigenvalue weighted by Crippen LogP contribution is 2.41. The molecule has 2 nitrogen and oxygen atoms in total. The molecule has 1 aliphatic carbocycles. The Morgan fingerprint density at radius 1 is 1.00 bits per heavy atom. The van der Waals surface area contributed by atoms with Gasteiger partial charge in [-0.05, 0) is 55.8 Å². The highest BCUT2D eigenvalue weighted by Gasteiger charge is 2.36. The Balaban J connectivity index is 1.86. The van der Waals surface area contributed by atoms with Crippen molar-refractivity contribution in [2.75, 3.05) is 13.1 Å². The quantitative estimate of drug-likeness (QED) is 0.667. The molecule has 2 fully saturated rings. The van der Waals surface area contributed by atoms with E-state index in [0.29, 0.717) is 11.3 Å². The summed E-state index contributed by atoms with van der Waals surface area (Å²) in [6, 6.07) is 0. The van der Waals surface area contributed by atoms with E-state index in [2.05, 4.69) is 20.8 Å². The van der Waals surface area contributed by atoms with Crippen molar-refractivity contribution in [3.8, 4) is 0 Å². The van der Waals surface area contributed by atoms with E-state index in [1.54, 1.807) is 0 Å². The number of carbonyl (C=O) groups is 1. The summed E-state index contributed by atoms with van der Waals surface area (Å²) in [4.78, 5) is 14.7. The lowest BCUT2D eigenvalue weighted by molar-refractivity contribution is -0.132. The first-order valence-corrected chi connectivity index (χ1v) is 9.26. The first-order chi connectivity index (χ1) is 9.89. The summed E-state index contributed by atoms with van der Waals surface area (Å²) in [7, 11) is 0. The Morgan fingerprint density at radius 2 is 1.52 bits per heavy atom. The van der Waals surface area contributed by atoms with Gasteiger partial charge >= 0.3 is 0 Å². The molecule has 0 aromatic heterocycles. The third-order valence-electron chi connectivity index (χ3n) is 5.56. The fourth-order valence-corrected chi connectivity index (χ4v) is 4.33. The Morgan fingerprint density at radius 3 is 2.00 bits per heavy atom. The second-order valence-corrected chi connectivity index (χ2v) is 8.59. The minimum absolute atomic E-state index is 0.206. The number of alkyl halides is 1. The van der Waals surface area contributed by atoms with E-state index in [1.807, 2.05) is 4.90 Å². The predicted octanol–water partition coefficient (Wildman–Crippen LogP) is 4.85. The third kappa shape index (κ3) is 4.61. The van der Waals surface area contributed by atoms with Crippen LogP contribution in [-0.2, 0) is 4.79 Å². The normalized spacial score (nSPS) is 29.8. The topological polar surface area (TPSA) is 20.3 Å². The molecule has 0 spiro atoms. The van der Waals surface area contributed by atoms with Gasteiger partial charge in [-0.25, -0.2) is 0 Å². The van der Waals surface area contributed by atoms with Crippen molar-refractivity contribution in [2.45, 2.75) is 77.5 Å². The van der Waals surface area contributed by atoms with Crippen LogP contribution >= 0.6 is 11.6 Å². The van der Waals surface area contributed by atoms with E-state index < -0.39 is 0 Å². The molecule has 1 heterocycles. The van der Waals surface area contributed by atoms with Crippen LogP contribution in [0.4, 0.5) is 0 Å². The highest BCUT2D eigenvalue weighted by atomic mass is 35.5. The van der Waals surface area contributed by atoms with Crippen molar-refractivity contribution in [3.63, 3.8) is 0 Å². The van der Waals surface area contributed by atoms with E-state index >= 15 is 0 Å². The summed E-state index contributed by atoms with van der Waals surface area (Å²) in [6.07, 6.45) is 9.50. The zero-order valence-electron chi connectivity index (χ0n) is 14.0. The van der Waals surface area contributed by atoms with Gasteiger partial charge in [-0.2, -0.15) is 0 Å². The summed E-state index contributed by atoms with van der Waals surface area (Å²) in [5, 5.41) is -0.288. The van der Waals surface area contributed by atoms with Gasteiger partial charge in [0.15, 0.2) is 0 Å². The second-order valence-electron chi connectivity index (χ2n) is 8.12. The van der Waals surface area contributed by atoms with E-state index in [4.69, 9.17) is 11.6 Å². The van der Waals surface area contributed by atoms with Crippen molar-refractivity contribution in [1.29, 1.82) is 0 Å². The van der Waals surface area contributed by atoms with Gasteiger partial charge < -0.3 is 4.90 Å². The van der Waals surface area contributed by atoms with E-state index in [1.165, 1.54) is 25.7 Å². The SMILES string of the molecule is CC(C)(C)C1CCC(C(Cl)C(=O)N2CCCCCC2)CC1. The molecule has 0 radical (unpaired) electrons. The number of halogens is 1. The fraction of sp³-hybridized carbons (Fsp3) is 0.944. The van der Waals surface area contributed by atoms with Crippen LogP contribution in [0.1, 0.15) is 72.1 Å². The lowest BCUT2D eigenvalue weighted by Gasteiger charge is -2.38. The van der Waals surface area contributed by atoms with Gasteiger partial charge in [0.05, 0.1) is 0 Å². The molecule has 21 heavy (non-hydrogen) atoms. The van der Waals surface area contributed by atoms with Crippen LogP contribution < -0.4 is 0 Å². The zero-order valence-corrected chi connectivity index (χ0v) is 14.8. The molecule has 1 saturated carbocycles. The van der Waals surface area contributed by atoms with E-state index in [-0.39, 0.29) is 11.3 Å². The zero-order chi connectivity index (χ0) is 15.5. The Labute approximate surface area is 135 Å². The van der Waals surface area contributed by atoms with Crippen LogP contribution in [-0.4, -0.2) is 29.3 Å². The molecule has 122 valence electrons. The van der Waals surface area contributed by atoms with E-state index in [0.717, 1.165) is 44.7 Å². The minimum atomic E-state index is -0.288. The van der Waals surface area contributed by atoms with Crippen molar-refractivity contribution >= 4 is 17.5 Å². The Kier molecular flexibility index (Phi) is 5.99. The van der Waals surface area contributed by atoms with Crippen LogP contribution in [0.2, 0.25) is 0 Å². The summed E-state index contributed by atoms with van der Waals surface area (Å²) in [5.74, 6) is 1.38. The van der Waals surface area contributed by atoms with Gasteiger partial charge in [0.25, 0.3) is 0 Å². The van der Waals surface area contributed by atoms with Crippen LogP contribution in [0.5, 0.6) is 0 Å². The van der Waals surface area contributed by atoms with Gasteiger partial charge in [0, 0.05) is 13.1 Å². The second kappa shape index (κ2) is 7.35. The van der Waals surface area contributed by atoms with Gasteiger partial charge in [0.2, 0.25) is 5.91 Å². The maximum atomic E-state index is 12.6. The molecule has 1 amide bonds. The number of likely N-dealkylation sites (tertiary alicyclic amines) is 1. The first-order valence-electron chi connectivity index (χ1n) is 8.82. The number of amides is 1. The molecular weight excluding hydrogens is 282 g/mol. The highest BCUT2D eigenvalue weighted by molar-refractivity contribution is 6.30. The summed E-state index contributed by atoms with van der Waals surface area (Å²) in [6.45, 7) is 8.83. The summed E-state index contributed by atoms with van der Waals surface area (Å²) in [5.41, 5.74) is 0.390. The van der Waals surface area contributed by atoms with Crippen molar-refractivity contribution in [1.82, 2.24) is 4.90 Å². The van der Waals surface area contributed by atoms with Gasteiger partial charge in [0.1, 0.15) is 5.38 Å². The summed E-state index contributed by atoms with van der Waals surface area (Å²) < 4.78 is 0. The maximum absolute atomic E-state index is 12.6.